The maximum atomic E-state index is 5.75. The molecule has 16 heavy (non-hydrogen) atoms. The van der Waals surface area contributed by atoms with Gasteiger partial charge < -0.3 is 11.1 Å². The minimum atomic E-state index is 0.476. The standard InChI is InChI=1S/C14H22N2/c1-11-2-4-12(5-3-11)6-7-16-10-13-8-14(15)9-13/h2-5,13-14,16H,6-10,15H2,1H3. The van der Waals surface area contributed by atoms with E-state index >= 15 is 0 Å². The van der Waals surface area contributed by atoms with E-state index in [9.17, 15) is 0 Å². The van der Waals surface area contributed by atoms with Crippen LogP contribution in [-0.4, -0.2) is 19.1 Å². The number of benzene rings is 1. The molecule has 1 aliphatic carbocycles. The molecule has 0 atom stereocenters. The van der Waals surface area contributed by atoms with Crippen LogP contribution in [-0.2, 0) is 6.42 Å². The number of hydrogen-bond donors (Lipinski definition) is 2. The molecule has 1 aromatic carbocycles. The van der Waals surface area contributed by atoms with E-state index in [0.29, 0.717) is 6.04 Å². The van der Waals surface area contributed by atoms with Gasteiger partial charge in [-0.2, -0.15) is 0 Å². The lowest BCUT2D eigenvalue weighted by Gasteiger charge is -2.32. The van der Waals surface area contributed by atoms with E-state index in [2.05, 4.69) is 36.5 Å². The van der Waals surface area contributed by atoms with Gasteiger partial charge in [0, 0.05) is 6.04 Å². The minimum Gasteiger partial charge on any atom is -0.328 e. The summed E-state index contributed by atoms with van der Waals surface area (Å²) in [7, 11) is 0. The van der Waals surface area contributed by atoms with Crippen LogP contribution in [0.3, 0.4) is 0 Å². The summed E-state index contributed by atoms with van der Waals surface area (Å²) < 4.78 is 0. The van der Waals surface area contributed by atoms with Crippen molar-refractivity contribution in [2.75, 3.05) is 13.1 Å². The predicted octanol–water partition coefficient (Wildman–Crippen LogP) is 1.86. The van der Waals surface area contributed by atoms with Crippen LogP contribution in [0.1, 0.15) is 24.0 Å². The van der Waals surface area contributed by atoms with Crippen molar-refractivity contribution in [1.82, 2.24) is 5.32 Å². The lowest BCUT2D eigenvalue weighted by molar-refractivity contribution is 0.257. The summed E-state index contributed by atoms with van der Waals surface area (Å²) in [6.45, 7) is 4.34. The summed E-state index contributed by atoms with van der Waals surface area (Å²) in [6.07, 6.45) is 3.54. The highest BCUT2D eigenvalue weighted by Gasteiger charge is 2.24. The highest BCUT2D eigenvalue weighted by Crippen LogP contribution is 2.24. The summed E-state index contributed by atoms with van der Waals surface area (Å²) in [4.78, 5) is 0. The Labute approximate surface area is 98.2 Å². The third-order valence-corrected chi connectivity index (χ3v) is 3.42. The van der Waals surface area contributed by atoms with Gasteiger partial charge in [-0.1, -0.05) is 29.8 Å². The number of hydrogen-bond acceptors (Lipinski definition) is 2. The van der Waals surface area contributed by atoms with Gasteiger partial charge in [0.15, 0.2) is 0 Å². The van der Waals surface area contributed by atoms with Gasteiger partial charge in [0.2, 0.25) is 0 Å². The highest BCUT2D eigenvalue weighted by atomic mass is 14.9. The van der Waals surface area contributed by atoms with E-state index in [0.717, 1.165) is 25.4 Å². The second-order valence-electron chi connectivity index (χ2n) is 5.04. The first-order valence-corrected chi connectivity index (χ1v) is 6.26. The zero-order valence-corrected chi connectivity index (χ0v) is 10.1. The first-order valence-electron chi connectivity index (χ1n) is 6.26. The van der Waals surface area contributed by atoms with Crippen molar-refractivity contribution in [3.63, 3.8) is 0 Å². The summed E-state index contributed by atoms with van der Waals surface area (Å²) in [6, 6.07) is 9.27. The largest absolute Gasteiger partial charge is 0.328 e. The molecule has 1 fully saturated rings. The molecule has 1 aliphatic rings. The molecule has 0 aromatic heterocycles. The molecule has 88 valence electrons. The molecular weight excluding hydrogens is 196 g/mol. The molecule has 0 amide bonds. The first-order chi connectivity index (χ1) is 7.74. The third kappa shape index (κ3) is 3.32. The second kappa shape index (κ2) is 5.46. The zero-order valence-electron chi connectivity index (χ0n) is 10.1. The molecule has 0 aliphatic heterocycles. The molecule has 2 heteroatoms. The van der Waals surface area contributed by atoms with Crippen molar-refractivity contribution in [1.29, 1.82) is 0 Å². The van der Waals surface area contributed by atoms with Gasteiger partial charge >= 0.3 is 0 Å². The van der Waals surface area contributed by atoms with Crippen LogP contribution < -0.4 is 11.1 Å². The number of rotatable bonds is 5. The lowest BCUT2D eigenvalue weighted by atomic mass is 9.81. The molecule has 2 nitrogen and oxygen atoms in total. The third-order valence-electron chi connectivity index (χ3n) is 3.42. The van der Waals surface area contributed by atoms with Crippen LogP contribution >= 0.6 is 0 Å². The van der Waals surface area contributed by atoms with Gasteiger partial charge in [-0.25, -0.2) is 0 Å². The Hall–Kier alpha value is -0.860. The molecule has 0 radical (unpaired) electrons. The van der Waals surface area contributed by atoms with Crippen LogP contribution in [0.2, 0.25) is 0 Å². The van der Waals surface area contributed by atoms with Crippen LogP contribution in [0.4, 0.5) is 0 Å². The van der Waals surface area contributed by atoms with Crippen LogP contribution in [0, 0.1) is 12.8 Å². The number of aryl methyl sites for hydroxylation is 1. The maximum absolute atomic E-state index is 5.75. The molecule has 1 saturated carbocycles. The van der Waals surface area contributed by atoms with Gasteiger partial charge in [-0.05, 0) is 50.8 Å². The molecule has 3 N–H and O–H groups in total. The van der Waals surface area contributed by atoms with E-state index < -0.39 is 0 Å². The van der Waals surface area contributed by atoms with Crippen LogP contribution in [0.5, 0.6) is 0 Å². The van der Waals surface area contributed by atoms with Crippen molar-refractivity contribution in [3.8, 4) is 0 Å². The van der Waals surface area contributed by atoms with Crippen LogP contribution in [0.15, 0.2) is 24.3 Å². The SMILES string of the molecule is Cc1ccc(CCNCC2CC(N)C2)cc1. The molecule has 0 bridgehead atoms. The molecular formula is C14H22N2. The summed E-state index contributed by atoms with van der Waals surface area (Å²) >= 11 is 0. The van der Waals surface area contributed by atoms with E-state index in [-0.39, 0.29) is 0 Å². The normalized spacial score (nSPS) is 24.1. The lowest BCUT2D eigenvalue weighted by Crippen LogP contribution is -2.41. The zero-order chi connectivity index (χ0) is 11.4. The maximum Gasteiger partial charge on any atom is 0.00450 e. The Balaban J connectivity index is 1.59. The molecule has 2 rings (SSSR count). The summed E-state index contributed by atoms with van der Waals surface area (Å²) in [5, 5.41) is 3.52. The number of nitrogens with one attached hydrogen (secondary N) is 1. The summed E-state index contributed by atoms with van der Waals surface area (Å²) in [5.41, 5.74) is 8.50. The Morgan fingerprint density at radius 1 is 1.25 bits per heavy atom. The topological polar surface area (TPSA) is 38.0 Å². The van der Waals surface area contributed by atoms with Crippen molar-refractivity contribution in [3.05, 3.63) is 35.4 Å². The molecule has 0 unspecified atom stereocenters. The Morgan fingerprint density at radius 3 is 2.56 bits per heavy atom. The quantitative estimate of drug-likeness (QED) is 0.740. The van der Waals surface area contributed by atoms with E-state index in [1.807, 2.05) is 0 Å². The number of nitrogens with two attached hydrogens (primary N) is 1. The average molecular weight is 218 g/mol. The van der Waals surface area contributed by atoms with Gasteiger partial charge in [-0.15, -0.1) is 0 Å². The fourth-order valence-corrected chi connectivity index (χ4v) is 2.25. The average Bonchev–Trinajstić information content (AvgIpc) is 2.24. The molecule has 1 aromatic rings. The molecule has 0 spiro atoms. The minimum absolute atomic E-state index is 0.476. The summed E-state index contributed by atoms with van der Waals surface area (Å²) in [5.74, 6) is 0.827. The first kappa shape index (κ1) is 11.6. The predicted molar refractivity (Wildman–Crippen MR) is 68.5 cm³/mol. The van der Waals surface area contributed by atoms with E-state index in [1.165, 1.54) is 24.0 Å². The van der Waals surface area contributed by atoms with Gasteiger partial charge in [0.25, 0.3) is 0 Å². The Kier molecular flexibility index (Phi) is 3.97. The monoisotopic (exact) mass is 218 g/mol. The van der Waals surface area contributed by atoms with Crippen LogP contribution in [0.25, 0.3) is 0 Å². The van der Waals surface area contributed by atoms with Gasteiger partial charge in [-0.3, -0.25) is 0 Å². The Morgan fingerprint density at radius 2 is 1.94 bits per heavy atom. The smallest absolute Gasteiger partial charge is 0.00450 e. The van der Waals surface area contributed by atoms with Crippen molar-refractivity contribution in [2.24, 2.45) is 11.7 Å². The van der Waals surface area contributed by atoms with E-state index in [1.54, 1.807) is 0 Å². The van der Waals surface area contributed by atoms with Gasteiger partial charge in [0.05, 0.1) is 0 Å². The fourth-order valence-electron chi connectivity index (χ4n) is 2.25. The second-order valence-corrected chi connectivity index (χ2v) is 5.04. The Bertz CT molecular complexity index is 312. The van der Waals surface area contributed by atoms with Crippen molar-refractivity contribution >= 4 is 0 Å². The fraction of sp³-hybridized carbons (Fsp3) is 0.571. The highest BCUT2D eigenvalue weighted by molar-refractivity contribution is 5.21. The van der Waals surface area contributed by atoms with Gasteiger partial charge in [0.1, 0.15) is 0 Å². The van der Waals surface area contributed by atoms with Crippen molar-refractivity contribution < 1.29 is 0 Å². The molecule has 0 heterocycles. The molecule has 0 saturated heterocycles. The van der Waals surface area contributed by atoms with Crippen molar-refractivity contribution in [2.45, 2.75) is 32.2 Å². The van der Waals surface area contributed by atoms with E-state index in [4.69, 9.17) is 5.73 Å².